The van der Waals surface area contributed by atoms with Crippen LogP contribution in [-0.2, 0) is 19.1 Å². The maximum absolute atomic E-state index is 12.8. The fourth-order valence-electron chi connectivity index (χ4n) is 3.00. The Kier molecular flexibility index (Phi) is 6.71. The molecule has 24 heavy (non-hydrogen) atoms. The van der Waals surface area contributed by atoms with Crippen molar-refractivity contribution >= 4 is 29.5 Å². The van der Waals surface area contributed by atoms with Crippen LogP contribution in [0, 0.1) is 5.92 Å². The molecule has 2 aliphatic heterocycles. The van der Waals surface area contributed by atoms with Gasteiger partial charge in [-0.3, -0.25) is 14.4 Å². The molecular weight excluding hydrogens is 328 g/mol. The van der Waals surface area contributed by atoms with E-state index in [0.717, 1.165) is 5.57 Å². The van der Waals surface area contributed by atoms with Gasteiger partial charge < -0.3 is 14.5 Å². The summed E-state index contributed by atoms with van der Waals surface area (Å²) in [5.74, 6) is 0.811. The molecule has 2 heterocycles. The predicted molar refractivity (Wildman–Crippen MR) is 93.3 cm³/mol. The molecule has 0 aliphatic carbocycles. The first-order chi connectivity index (χ1) is 11.4. The lowest BCUT2D eigenvalue weighted by Gasteiger charge is -2.34. The third kappa shape index (κ3) is 4.53. The molecule has 1 unspecified atom stereocenters. The fourth-order valence-corrected chi connectivity index (χ4v) is 4.16. The van der Waals surface area contributed by atoms with Crippen LogP contribution in [0.25, 0.3) is 0 Å². The quantitative estimate of drug-likeness (QED) is 0.567. The smallest absolute Gasteiger partial charge is 0.309 e. The molecule has 2 amide bonds. The highest BCUT2D eigenvalue weighted by Gasteiger charge is 2.38. The van der Waals surface area contributed by atoms with Gasteiger partial charge in [0.05, 0.1) is 18.4 Å². The van der Waals surface area contributed by atoms with Gasteiger partial charge in [-0.15, -0.1) is 11.8 Å². The number of ether oxygens (including phenoxy) is 1. The summed E-state index contributed by atoms with van der Waals surface area (Å²) in [6.45, 7) is 7.03. The van der Waals surface area contributed by atoms with E-state index in [-0.39, 0.29) is 23.7 Å². The zero-order chi connectivity index (χ0) is 17.7. The molecule has 0 aromatic carbocycles. The zero-order valence-electron chi connectivity index (χ0n) is 14.6. The van der Waals surface area contributed by atoms with Gasteiger partial charge in [-0.25, -0.2) is 0 Å². The van der Waals surface area contributed by atoms with E-state index in [0.29, 0.717) is 44.2 Å². The van der Waals surface area contributed by atoms with Crippen LogP contribution in [0.3, 0.4) is 0 Å². The van der Waals surface area contributed by atoms with Gasteiger partial charge in [0.2, 0.25) is 11.8 Å². The van der Waals surface area contributed by atoms with Crippen LogP contribution in [0.5, 0.6) is 0 Å². The van der Waals surface area contributed by atoms with Crippen molar-refractivity contribution in [2.24, 2.45) is 5.92 Å². The van der Waals surface area contributed by atoms with Gasteiger partial charge in [-0.05, 0) is 33.6 Å². The van der Waals surface area contributed by atoms with E-state index in [1.807, 2.05) is 13.8 Å². The average Bonchev–Trinajstić information content (AvgIpc) is 3.03. The van der Waals surface area contributed by atoms with Gasteiger partial charge in [-0.1, -0.05) is 5.57 Å². The molecule has 0 saturated carbocycles. The summed E-state index contributed by atoms with van der Waals surface area (Å²) in [5, 5.41) is 0. The number of allylic oxidation sites excluding steroid dienone is 1. The van der Waals surface area contributed by atoms with Crippen molar-refractivity contribution in [1.29, 1.82) is 0 Å². The van der Waals surface area contributed by atoms with Crippen LogP contribution in [0.2, 0.25) is 0 Å². The molecule has 0 aromatic heterocycles. The van der Waals surface area contributed by atoms with E-state index in [1.54, 1.807) is 34.6 Å². The Morgan fingerprint density at radius 1 is 1.21 bits per heavy atom. The normalized spacial score (nSPS) is 21.5. The second-order valence-corrected chi connectivity index (χ2v) is 7.40. The lowest BCUT2D eigenvalue weighted by molar-refractivity contribution is -0.152. The number of esters is 1. The molecule has 2 fully saturated rings. The van der Waals surface area contributed by atoms with Gasteiger partial charge in [0.1, 0.15) is 6.04 Å². The van der Waals surface area contributed by atoms with Crippen molar-refractivity contribution in [1.82, 2.24) is 9.80 Å². The fraction of sp³-hybridized carbons (Fsp3) is 0.706. The highest BCUT2D eigenvalue weighted by atomic mass is 32.2. The molecule has 0 N–H and O–H groups in total. The molecule has 2 rings (SSSR count). The summed E-state index contributed by atoms with van der Waals surface area (Å²) >= 11 is 1.60. The molecule has 7 heteroatoms. The number of hydrogen-bond donors (Lipinski definition) is 0. The van der Waals surface area contributed by atoms with Crippen LogP contribution in [-0.4, -0.2) is 65.0 Å². The third-order valence-corrected chi connectivity index (χ3v) is 5.30. The number of amides is 2. The molecule has 0 spiro atoms. The Balaban J connectivity index is 1.93. The van der Waals surface area contributed by atoms with Crippen molar-refractivity contribution in [3.05, 3.63) is 11.6 Å². The number of hydrogen-bond acceptors (Lipinski definition) is 5. The van der Waals surface area contributed by atoms with E-state index >= 15 is 0 Å². The SMILES string of the molecule is CCOC(=O)C1CCN(C(=O)C2CSCN2C(=O)C=C(C)C)CC1. The topological polar surface area (TPSA) is 66.9 Å². The molecule has 134 valence electrons. The number of carbonyl (C=O) groups is 3. The molecule has 2 saturated heterocycles. The van der Waals surface area contributed by atoms with Gasteiger partial charge >= 0.3 is 5.97 Å². The van der Waals surface area contributed by atoms with E-state index < -0.39 is 6.04 Å². The number of carbonyl (C=O) groups excluding carboxylic acids is 3. The maximum atomic E-state index is 12.8. The molecule has 2 aliphatic rings. The van der Waals surface area contributed by atoms with Crippen molar-refractivity contribution in [2.45, 2.75) is 39.7 Å². The number of rotatable bonds is 4. The Hall–Kier alpha value is -1.50. The third-order valence-electron chi connectivity index (χ3n) is 4.29. The molecule has 6 nitrogen and oxygen atoms in total. The van der Waals surface area contributed by atoms with Crippen LogP contribution in [0.4, 0.5) is 0 Å². The van der Waals surface area contributed by atoms with Gasteiger partial charge in [0.25, 0.3) is 0 Å². The zero-order valence-corrected chi connectivity index (χ0v) is 15.4. The Morgan fingerprint density at radius 2 is 1.88 bits per heavy atom. The Labute approximate surface area is 147 Å². The molecule has 1 atom stereocenters. The minimum atomic E-state index is -0.391. The average molecular weight is 354 g/mol. The van der Waals surface area contributed by atoms with Crippen LogP contribution in [0.15, 0.2) is 11.6 Å². The van der Waals surface area contributed by atoms with E-state index in [9.17, 15) is 14.4 Å². The summed E-state index contributed by atoms with van der Waals surface area (Å²) < 4.78 is 5.06. The Morgan fingerprint density at radius 3 is 2.46 bits per heavy atom. The molecule has 0 radical (unpaired) electrons. The molecule has 0 aromatic rings. The highest BCUT2D eigenvalue weighted by molar-refractivity contribution is 7.99. The standard InChI is InChI=1S/C17H26N2O4S/c1-4-23-17(22)13-5-7-18(8-6-13)16(21)14-10-24-11-19(14)15(20)9-12(2)3/h9,13-14H,4-8,10-11H2,1-3H3. The summed E-state index contributed by atoms with van der Waals surface area (Å²) in [4.78, 5) is 40.3. The Bertz CT molecular complexity index is 523. The minimum Gasteiger partial charge on any atom is -0.466 e. The largest absolute Gasteiger partial charge is 0.466 e. The van der Waals surface area contributed by atoms with Gasteiger partial charge in [0.15, 0.2) is 0 Å². The first-order valence-corrected chi connectivity index (χ1v) is 9.58. The van der Waals surface area contributed by atoms with E-state index in [1.165, 1.54) is 0 Å². The number of likely N-dealkylation sites (tertiary alicyclic amines) is 1. The molecule has 0 bridgehead atoms. The minimum absolute atomic E-state index is 0.00202. The van der Waals surface area contributed by atoms with Crippen LogP contribution >= 0.6 is 11.8 Å². The highest BCUT2D eigenvalue weighted by Crippen LogP contribution is 2.26. The summed E-state index contributed by atoms with van der Waals surface area (Å²) in [5.41, 5.74) is 0.929. The summed E-state index contributed by atoms with van der Waals surface area (Å²) in [6.07, 6.45) is 2.85. The van der Waals surface area contributed by atoms with E-state index in [4.69, 9.17) is 4.74 Å². The van der Waals surface area contributed by atoms with Crippen molar-refractivity contribution < 1.29 is 19.1 Å². The first kappa shape index (κ1) is 18.8. The second-order valence-electron chi connectivity index (χ2n) is 6.40. The number of nitrogens with zero attached hydrogens (tertiary/aromatic N) is 2. The number of thioether (sulfide) groups is 1. The van der Waals surface area contributed by atoms with Gasteiger partial charge in [0, 0.05) is 24.9 Å². The predicted octanol–water partition coefficient (Wildman–Crippen LogP) is 1.66. The van der Waals surface area contributed by atoms with Gasteiger partial charge in [-0.2, -0.15) is 0 Å². The van der Waals surface area contributed by atoms with Crippen molar-refractivity contribution in [3.8, 4) is 0 Å². The first-order valence-electron chi connectivity index (χ1n) is 8.42. The number of piperidine rings is 1. The van der Waals surface area contributed by atoms with Crippen LogP contribution in [0.1, 0.15) is 33.6 Å². The lowest BCUT2D eigenvalue weighted by Crippen LogP contribution is -2.51. The van der Waals surface area contributed by atoms with E-state index in [2.05, 4.69) is 0 Å². The van der Waals surface area contributed by atoms with Crippen molar-refractivity contribution in [2.75, 3.05) is 31.3 Å². The van der Waals surface area contributed by atoms with Crippen LogP contribution < -0.4 is 0 Å². The molecular formula is C17H26N2O4S. The van der Waals surface area contributed by atoms with Crippen molar-refractivity contribution in [3.63, 3.8) is 0 Å². The second kappa shape index (κ2) is 8.55. The maximum Gasteiger partial charge on any atom is 0.309 e. The monoisotopic (exact) mass is 354 g/mol. The summed E-state index contributed by atoms with van der Waals surface area (Å²) in [6, 6.07) is -0.391. The summed E-state index contributed by atoms with van der Waals surface area (Å²) in [7, 11) is 0. The lowest BCUT2D eigenvalue weighted by atomic mass is 9.96.